The zero-order valence-corrected chi connectivity index (χ0v) is 15.0. The van der Waals surface area contributed by atoms with Gasteiger partial charge in [0.2, 0.25) is 0 Å². The van der Waals surface area contributed by atoms with E-state index in [4.69, 9.17) is 5.73 Å². The second-order valence-corrected chi connectivity index (χ2v) is 8.44. The van der Waals surface area contributed by atoms with Gasteiger partial charge < -0.3 is 10.9 Å². The second-order valence-electron chi connectivity index (χ2n) is 6.00. The van der Waals surface area contributed by atoms with Gasteiger partial charge in [-0.05, 0) is 25.1 Å². The minimum Gasteiger partial charge on any atom is -0.598 e. The van der Waals surface area contributed by atoms with Gasteiger partial charge in [-0.15, -0.1) is 18.3 Å². The number of hydroxylamine groups is 4. The maximum absolute atomic E-state index is 14.3. The molecule has 0 amide bonds. The molecule has 23 heavy (non-hydrogen) atoms. The fourth-order valence-electron chi connectivity index (χ4n) is 2.82. The molecule has 1 aromatic carbocycles. The summed E-state index contributed by atoms with van der Waals surface area (Å²) in [5.74, 6) is -0.641. The van der Waals surface area contributed by atoms with Crippen LogP contribution in [0.25, 0.3) is 0 Å². The van der Waals surface area contributed by atoms with Crippen LogP contribution < -0.4 is 5.73 Å². The maximum Gasteiger partial charge on any atom is 0.154 e. The minimum atomic E-state index is -1.75. The predicted octanol–water partition coefficient (Wildman–Crippen LogP) is 3.82. The molecule has 0 saturated carbocycles. The number of rotatable bonds is 4. The van der Waals surface area contributed by atoms with Crippen molar-refractivity contribution in [1.82, 2.24) is 0 Å². The van der Waals surface area contributed by atoms with Crippen LogP contribution in [0.2, 0.25) is 0 Å². The molecular weight excluding hydrogens is 390 g/mol. The quantitative estimate of drug-likeness (QED) is 0.451. The summed E-state index contributed by atoms with van der Waals surface area (Å²) >= 11 is 4.20. The molecule has 1 aliphatic rings. The molecule has 1 aliphatic heterocycles. The molecule has 2 rings (SSSR count). The molecule has 1 fully saturated rings. The molecule has 4 atom stereocenters. The Hall–Kier alpha value is -0.510. The number of hydrogen-bond donors (Lipinski definition) is 2. The second kappa shape index (κ2) is 6.42. The lowest BCUT2D eigenvalue weighted by molar-refractivity contribution is -1.10. The molecule has 0 bridgehead atoms. The van der Waals surface area contributed by atoms with E-state index >= 15 is 0 Å². The fourth-order valence-corrected chi connectivity index (χ4v) is 4.78. The lowest BCUT2D eigenvalue weighted by Gasteiger charge is -2.58. The summed E-state index contributed by atoms with van der Waals surface area (Å²) < 4.78 is 27.2. The molecule has 8 heteroatoms. The minimum absolute atomic E-state index is 0.0166. The highest BCUT2D eigenvalue weighted by Gasteiger charge is 2.59. The highest BCUT2D eigenvalue weighted by molar-refractivity contribution is 9.10. The Balaban J connectivity index is 2.54. The number of quaternary nitrogens is 1. The summed E-state index contributed by atoms with van der Waals surface area (Å²) in [5.41, 5.74) is 4.82. The Morgan fingerprint density at radius 2 is 2.30 bits per heavy atom. The highest BCUT2D eigenvalue weighted by Crippen LogP contribution is 2.52. The molecule has 3 N–H and O–H groups in total. The van der Waals surface area contributed by atoms with Crippen molar-refractivity contribution in [3.63, 3.8) is 0 Å². The first-order valence-corrected chi connectivity index (χ1v) is 8.67. The lowest BCUT2D eigenvalue weighted by Crippen LogP contribution is -2.71. The number of hydrogen-bond acceptors (Lipinski definition) is 4. The van der Waals surface area contributed by atoms with Crippen LogP contribution in [0.15, 0.2) is 35.3 Å². The van der Waals surface area contributed by atoms with Gasteiger partial charge in [0, 0.05) is 16.5 Å². The van der Waals surface area contributed by atoms with Crippen molar-refractivity contribution in [3.05, 3.63) is 51.9 Å². The summed E-state index contributed by atoms with van der Waals surface area (Å²) in [6, 6.07) is 4.10. The van der Waals surface area contributed by atoms with Crippen LogP contribution in [0.4, 0.5) is 8.78 Å². The normalized spacial score (nSPS) is 37.6. The van der Waals surface area contributed by atoms with Crippen molar-refractivity contribution < 1.29 is 18.8 Å². The van der Waals surface area contributed by atoms with E-state index in [0.29, 0.717) is 4.47 Å². The molecule has 4 nitrogen and oxygen atoms in total. The molecule has 1 aromatic rings. The first kappa shape index (κ1) is 18.8. The Kier molecular flexibility index (Phi) is 5.25. The zero-order chi connectivity index (χ0) is 17.5. The largest absolute Gasteiger partial charge is 0.598 e. The molecule has 0 aliphatic carbocycles. The first-order valence-electron chi connectivity index (χ1n) is 6.99. The van der Waals surface area contributed by atoms with Crippen LogP contribution in [0.5, 0.6) is 0 Å². The summed E-state index contributed by atoms with van der Waals surface area (Å²) in [4.78, 5) is -1.75. The van der Waals surface area contributed by atoms with Crippen molar-refractivity contribution in [2.75, 3.05) is 13.2 Å². The van der Waals surface area contributed by atoms with Crippen molar-refractivity contribution in [3.8, 4) is 0 Å². The molecule has 1 saturated heterocycles. The zero-order valence-electron chi connectivity index (χ0n) is 12.6. The highest BCUT2D eigenvalue weighted by atomic mass is 79.9. The Bertz CT molecular complexity index is 619. The van der Waals surface area contributed by atoms with Gasteiger partial charge in [-0.1, -0.05) is 22.0 Å². The molecule has 128 valence electrons. The van der Waals surface area contributed by atoms with Crippen molar-refractivity contribution in [1.29, 1.82) is 0 Å². The fraction of sp³-hybridized carbons (Fsp3) is 0.467. The number of alkyl halides is 1. The van der Waals surface area contributed by atoms with E-state index in [9.17, 15) is 19.2 Å². The monoisotopic (exact) mass is 408 g/mol. The van der Waals surface area contributed by atoms with Crippen LogP contribution in [-0.2, 0) is 4.75 Å². The molecule has 0 radical (unpaired) electrons. The van der Waals surface area contributed by atoms with E-state index in [1.165, 1.54) is 31.2 Å². The smallest absolute Gasteiger partial charge is 0.154 e. The van der Waals surface area contributed by atoms with Crippen molar-refractivity contribution in [2.45, 2.75) is 29.0 Å². The van der Waals surface area contributed by atoms with Gasteiger partial charge >= 0.3 is 0 Å². The van der Waals surface area contributed by atoms with Gasteiger partial charge in [0.1, 0.15) is 29.2 Å². The van der Waals surface area contributed by atoms with E-state index in [0.717, 1.165) is 11.8 Å². The van der Waals surface area contributed by atoms with E-state index in [-0.39, 0.29) is 12.0 Å². The molecule has 1 heterocycles. The summed E-state index contributed by atoms with van der Waals surface area (Å²) in [6.45, 7) is 3.54. The van der Waals surface area contributed by atoms with Crippen molar-refractivity contribution in [2.24, 2.45) is 5.73 Å². The number of thioether (sulfide) groups is 1. The summed E-state index contributed by atoms with van der Waals surface area (Å²) in [5, 5.41) is 22.3. The number of nitrogens with zero attached hydrogens (tertiary/aromatic N) is 1. The molecule has 2 unspecified atom stereocenters. The van der Waals surface area contributed by atoms with E-state index in [1.54, 1.807) is 0 Å². The standard InChI is InChI=1S/C15H19BrF2N2O2S/c1-3-6-14(2)13(19)23-15(8-17,9-20(14,21)22)11-7-10(16)4-5-12(11)18/h3-5,7,13,21H,1,6,8-9,19H2,2H3/t13?,14-,15-/m1/s1. The number of nitrogens with two attached hydrogens (primary N) is 1. The van der Waals surface area contributed by atoms with Gasteiger partial charge in [0.15, 0.2) is 5.54 Å². The average molecular weight is 409 g/mol. The van der Waals surface area contributed by atoms with Crippen LogP contribution in [0.3, 0.4) is 0 Å². The summed E-state index contributed by atoms with van der Waals surface area (Å²) in [6.07, 6.45) is 1.65. The first-order chi connectivity index (χ1) is 10.6. The Morgan fingerprint density at radius 3 is 2.83 bits per heavy atom. The van der Waals surface area contributed by atoms with Gasteiger partial charge in [-0.3, -0.25) is 0 Å². The molecule has 0 aromatic heterocycles. The average Bonchev–Trinajstić information content (AvgIpc) is 2.47. The van der Waals surface area contributed by atoms with E-state index < -0.39 is 39.5 Å². The summed E-state index contributed by atoms with van der Waals surface area (Å²) in [7, 11) is 0. The third-order valence-corrected chi connectivity index (χ3v) is 6.59. The Morgan fingerprint density at radius 1 is 1.65 bits per heavy atom. The number of benzene rings is 1. The maximum atomic E-state index is 14.3. The van der Waals surface area contributed by atoms with Crippen LogP contribution in [0.1, 0.15) is 18.9 Å². The van der Waals surface area contributed by atoms with Gasteiger partial charge in [-0.25, -0.2) is 18.8 Å². The van der Waals surface area contributed by atoms with E-state index in [1.807, 2.05) is 0 Å². The third kappa shape index (κ3) is 3.08. The molecule has 0 spiro atoms. The van der Waals surface area contributed by atoms with Crippen LogP contribution >= 0.6 is 27.7 Å². The van der Waals surface area contributed by atoms with Gasteiger partial charge in [-0.2, -0.15) is 0 Å². The molecular formula is C15H19BrF2N2O2S. The predicted molar refractivity (Wildman–Crippen MR) is 90.8 cm³/mol. The number of halogens is 3. The van der Waals surface area contributed by atoms with Crippen molar-refractivity contribution >= 4 is 27.7 Å². The Labute approximate surface area is 146 Å². The van der Waals surface area contributed by atoms with Crippen LogP contribution in [-0.4, -0.2) is 34.1 Å². The lowest BCUT2D eigenvalue weighted by atomic mass is 9.91. The van der Waals surface area contributed by atoms with E-state index in [2.05, 4.69) is 22.5 Å². The topological polar surface area (TPSA) is 69.3 Å². The van der Waals surface area contributed by atoms with Gasteiger partial charge in [0.25, 0.3) is 0 Å². The van der Waals surface area contributed by atoms with Gasteiger partial charge in [0.05, 0.1) is 0 Å². The SMILES string of the molecule is C=CC[C@]1(C)C(N)S[C@@](CF)(c2cc(Br)ccc2F)C[N+]1([O-])O. The van der Waals surface area contributed by atoms with Crippen LogP contribution in [0, 0.1) is 11.0 Å². The third-order valence-electron chi connectivity index (χ3n) is 4.43.